The van der Waals surface area contributed by atoms with E-state index in [2.05, 4.69) is 17.3 Å². The maximum absolute atomic E-state index is 4.14. The zero-order valence-electron chi connectivity index (χ0n) is 4.99. The summed E-state index contributed by atoms with van der Waals surface area (Å²) in [5, 5.41) is 0. The topological polar surface area (TPSA) is 18.8 Å². The third-order valence-corrected chi connectivity index (χ3v) is 1.41. The zero-order valence-corrected chi connectivity index (χ0v) is 4.99. The summed E-state index contributed by atoms with van der Waals surface area (Å²) in [6.07, 6.45) is 9.02. The third kappa shape index (κ3) is 0.633. The van der Waals surface area contributed by atoms with E-state index in [1.54, 1.807) is 0 Å². The van der Waals surface area contributed by atoms with Crippen LogP contribution in [0.2, 0.25) is 0 Å². The average Bonchev–Trinajstić information content (AvgIpc) is 2.33. The normalized spacial score (nSPS) is 13.8. The molecular weight excluding hydrogens is 112 g/mol. The number of hydrogen-bond acceptors (Lipinski definition) is 1. The monoisotopic (exact) mass is 119 g/mol. The van der Waals surface area contributed by atoms with Crippen LogP contribution in [-0.2, 0) is 0 Å². The molecule has 0 bridgehead atoms. The largest absolute Gasteiger partial charge is 0.323 e. The van der Waals surface area contributed by atoms with E-state index in [1.165, 1.54) is 0 Å². The molecule has 2 heteroatoms. The summed E-state index contributed by atoms with van der Waals surface area (Å²) < 4.78 is 2.03. The molecule has 0 aliphatic carbocycles. The first-order valence-electron chi connectivity index (χ1n) is 2.99. The van der Waals surface area contributed by atoms with Crippen LogP contribution < -0.4 is 9.72 Å². The lowest BCUT2D eigenvalue weighted by molar-refractivity contribution is -0.525. The maximum Gasteiger partial charge on any atom is 0.323 e. The van der Waals surface area contributed by atoms with Crippen molar-refractivity contribution >= 4 is 6.08 Å². The molecule has 0 fully saturated rings. The molecule has 2 nitrogen and oxygen atoms in total. The molecule has 0 amide bonds. The highest BCUT2D eigenvalue weighted by Crippen LogP contribution is 1.79. The number of aromatic nitrogens is 2. The van der Waals surface area contributed by atoms with Gasteiger partial charge in [0.25, 0.3) is 0 Å². The van der Waals surface area contributed by atoms with Gasteiger partial charge in [-0.2, -0.15) is 0 Å². The number of fused-ring (bicyclic) bond motifs is 1. The van der Waals surface area contributed by atoms with Crippen LogP contribution in [0.1, 0.15) is 6.42 Å². The highest BCUT2D eigenvalue weighted by atomic mass is 14.9. The smallest absolute Gasteiger partial charge is 0.207 e. The van der Waals surface area contributed by atoms with E-state index in [0.29, 0.717) is 0 Å². The van der Waals surface area contributed by atoms with Crippen LogP contribution >= 0.6 is 0 Å². The van der Waals surface area contributed by atoms with Crippen molar-refractivity contribution in [2.45, 2.75) is 6.42 Å². The van der Waals surface area contributed by atoms with E-state index >= 15 is 0 Å². The summed E-state index contributed by atoms with van der Waals surface area (Å²) in [5.74, 6) is 0. The van der Waals surface area contributed by atoms with Gasteiger partial charge in [0.05, 0.1) is 12.4 Å². The standard InChI is InChI=1S/C7H7N2/c1-3-7-8-4-2-6-9(7)5-1/h2-6H,1H2/q+1. The molecular formula is C7H7N2+. The molecule has 0 N–H and O–H groups in total. The van der Waals surface area contributed by atoms with Gasteiger partial charge in [0, 0.05) is 18.6 Å². The summed E-state index contributed by atoms with van der Waals surface area (Å²) in [4.78, 5) is 4.14. The van der Waals surface area contributed by atoms with Crippen molar-refractivity contribution in [1.29, 1.82) is 0 Å². The fourth-order valence-electron chi connectivity index (χ4n) is 0.978. The molecule has 9 heavy (non-hydrogen) atoms. The molecule has 1 aliphatic rings. The summed E-state index contributed by atoms with van der Waals surface area (Å²) in [5.41, 5.74) is 1.05. The second-order valence-corrected chi connectivity index (χ2v) is 2.01. The second-order valence-electron chi connectivity index (χ2n) is 2.01. The Bertz CT molecular complexity index is 294. The lowest BCUT2D eigenvalue weighted by Crippen LogP contribution is -2.35. The first-order chi connectivity index (χ1) is 4.47. The van der Waals surface area contributed by atoms with Crippen molar-refractivity contribution in [3.63, 3.8) is 0 Å². The van der Waals surface area contributed by atoms with Gasteiger partial charge in [-0.05, 0) is 4.98 Å². The van der Waals surface area contributed by atoms with E-state index in [9.17, 15) is 0 Å². The molecule has 1 aromatic rings. The molecule has 2 rings (SSSR count). The van der Waals surface area contributed by atoms with Crippen LogP contribution in [0.15, 0.2) is 18.5 Å². The van der Waals surface area contributed by atoms with Crippen molar-refractivity contribution < 1.29 is 4.24 Å². The van der Waals surface area contributed by atoms with Gasteiger partial charge in [-0.3, -0.25) is 0 Å². The van der Waals surface area contributed by atoms with Crippen LogP contribution in [0, 0.1) is 6.21 Å². The van der Waals surface area contributed by atoms with Gasteiger partial charge in [-0.15, -0.1) is 0 Å². The van der Waals surface area contributed by atoms with Gasteiger partial charge in [0.1, 0.15) is 6.20 Å². The molecule has 0 unspecified atom stereocenters. The predicted octanol–water partition coefficient (Wildman–Crippen LogP) is -0.437. The lowest BCUT2D eigenvalue weighted by atomic mass is 10.5. The molecule has 0 aromatic carbocycles. The van der Waals surface area contributed by atoms with E-state index in [-0.39, 0.29) is 0 Å². The quantitative estimate of drug-likeness (QED) is 0.424. The Morgan fingerprint density at radius 2 is 2.56 bits per heavy atom. The molecule has 44 valence electrons. The molecule has 0 saturated carbocycles. The van der Waals surface area contributed by atoms with Crippen LogP contribution in [0.5, 0.6) is 0 Å². The SMILES string of the molecule is C1=c2nccc[n+]2=CC1. The molecule has 0 radical (unpaired) electrons. The molecule has 0 atom stereocenters. The van der Waals surface area contributed by atoms with Crippen LogP contribution in [0.3, 0.4) is 0 Å². The van der Waals surface area contributed by atoms with Crippen LogP contribution in [0.4, 0.5) is 0 Å². The number of hydrogen-bond donors (Lipinski definition) is 0. The van der Waals surface area contributed by atoms with Gasteiger partial charge in [-0.25, -0.2) is 4.24 Å². The minimum absolute atomic E-state index is 1.01. The summed E-state index contributed by atoms with van der Waals surface area (Å²) >= 11 is 0. The average molecular weight is 119 g/mol. The highest BCUT2D eigenvalue weighted by molar-refractivity contribution is 5.14. The lowest BCUT2D eigenvalue weighted by Gasteiger charge is -1.71. The first-order valence-corrected chi connectivity index (χ1v) is 2.99. The van der Waals surface area contributed by atoms with Crippen molar-refractivity contribution in [2.24, 2.45) is 0 Å². The first kappa shape index (κ1) is 4.68. The van der Waals surface area contributed by atoms with Gasteiger partial charge in [0.15, 0.2) is 0 Å². The summed E-state index contributed by atoms with van der Waals surface area (Å²) in [6, 6.07) is 1.93. The highest BCUT2D eigenvalue weighted by Gasteiger charge is 1.97. The number of rotatable bonds is 0. The van der Waals surface area contributed by atoms with Crippen LogP contribution in [0.25, 0.3) is 6.08 Å². The Hall–Kier alpha value is -1.18. The van der Waals surface area contributed by atoms with E-state index in [4.69, 9.17) is 0 Å². The summed E-state index contributed by atoms with van der Waals surface area (Å²) in [6.45, 7) is 0. The van der Waals surface area contributed by atoms with E-state index < -0.39 is 0 Å². The van der Waals surface area contributed by atoms with Crippen LogP contribution in [-0.4, -0.2) is 4.98 Å². The Labute approximate surface area is 52.8 Å². The Morgan fingerprint density at radius 1 is 1.56 bits per heavy atom. The minimum atomic E-state index is 1.01. The third-order valence-electron chi connectivity index (χ3n) is 1.41. The van der Waals surface area contributed by atoms with Crippen molar-refractivity contribution in [3.8, 4) is 0 Å². The number of nitrogens with zero attached hydrogens (tertiary/aromatic N) is 2. The minimum Gasteiger partial charge on any atom is -0.207 e. The van der Waals surface area contributed by atoms with Crippen molar-refractivity contribution in [1.82, 2.24) is 4.98 Å². The molecule has 0 saturated heterocycles. The van der Waals surface area contributed by atoms with Gasteiger partial charge >= 0.3 is 5.48 Å². The maximum atomic E-state index is 4.14. The summed E-state index contributed by atoms with van der Waals surface area (Å²) in [7, 11) is 0. The Kier molecular flexibility index (Phi) is 0.859. The van der Waals surface area contributed by atoms with Crippen molar-refractivity contribution in [2.75, 3.05) is 0 Å². The molecule has 2 heterocycles. The predicted molar refractivity (Wildman–Crippen MR) is 32.8 cm³/mol. The van der Waals surface area contributed by atoms with E-state index in [1.807, 2.05) is 22.7 Å². The Balaban J connectivity index is 2.97. The fraction of sp³-hybridized carbons (Fsp3) is 0.143. The zero-order chi connectivity index (χ0) is 6.10. The van der Waals surface area contributed by atoms with Crippen molar-refractivity contribution in [3.05, 3.63) is 30.2 Å². The Morgan fingerprint density at radius 3 is 3.44 bits per heavy atom. The van der Waals surface area contributed by atoms with Gasteiger partial charge in [-0.1, -0.05) is 0 Å². The molecule has 1 aliphatic heterocycles. The van der Waals surface area contributed by atoms with Gasteiger partial charge in [0.2, 0.25) is 0 Å². The molecule has 1 aromatic heterocycles. The fourth-order valence-corrected chi connectivity index (χ4v) is 0.978. The second kappa shape index (κ2) is 1.65. The van der Waals surface area contributed by atoms with E-state index in [0.717, 1.165) is 11.9 Å². The molecule has 0 spiro atoms. The van der Waals surface area contributed by atoms with Gasteiger partial charge < -0.3 is 0 Å².